The van der Waals surface area contributed by atoms with E-state index in [1.165, 1.54) is 5.56 Å². The van der Waals surface area contributed by atoms with Crippen LogP contribution in [0, 0.1) is 5.41 Å². The van der Waals surface area contributed by atoms with Gasteiger partial charge in [-0.15, -0.1) is 0 Å². The molecule has 0 aromatic heterocycles. The molecule has 1 aliphatic carbocycles. The third-order valence-corrected chi connectivity index (χ3v) is 3.83. The number of hydrogen-bond donors (Lipinski definition) is 2. The number of hydrogen-bond acceptors (Lipinski definition) is 4. The maximum Gasteiger partial charge on any atom is 0.139 e. The number of amidine groups is 1. The lowest BCUT2D eigenvalue weighted by Crippen LogP contribution is -2.29. The predicted octanol–water partition coefficient (Wildman–Crippen LogP) is 2.04. The van der Waals surface area contributed by atoms with Crippen LogP contribution in [-0.2, 0) is 6.54 Å². The van der Waals surface area contributed by atoms with Crippen LogP contribution in [0.4, 0.5) is 0 Å². The summed E-state index contributed by atoms with van der Waals surface area (Å²) in [5, 5.41) is 11.8. The smallest absolute Gasteiger partial charge is 0.139 e. The first-order valence-electron chi connectivity index (χ1n) is 6.85. The first-order valence-corrected chi connectivity index (χ1v) is 6.85. The van der Waals surface area contributed by atoms with Gasteiger partial charge in [-0.1, -0.05) is 17.3 Å². The Bertz CT molecular complexity index is 484. The second-order valence-electron chi connectivity index (χ2n) is 5.79. The van der Waals surface area contributed by atoms with Crippen molar-refractivity contribution in [2.75, 3.05) is 20.7 Å². The summed E-state index contributed by atoms with van der Waals surface area (Å²) in [7, 11) is 3.78. The molecule has 3 N–H and O–H groups in total. The maximum atomic E-state index is 8.69. The van der Waals surface area contributed by atoms with E-state index in [0.717, 1.165) is 31.7 Å². The Morgan fingerprint density at radius 3 is 2.85 bits per heavy atom. The number of rotatable bonds is 7. The van der Waals surface area contributed by atoms with Crippen molar-refractivity contribution < 1.29 is 9.94 Å². The average Bonchev–Trinajstić information content (AvgIpc) is 3.17. The van der Waals surface area contributed by atoms with Crippen molar-refractivity contribution in [3.05, 3.63) is 29.8 Å². The van der Waals surface area contributed by atoms with Crippen molar-refractivity contribution in [2.24, 2.45) is 16.3 Å². The van der Waals surface area contributed by atoms with Crippen molar-refractivity contribution in [1.82, 2.24) is 4.90 Å². The van der Waals surface area contributed by atoms with Crippen LogP contribution in [0.2, 0.25) is 0 Å². The number of nitrogens with zero attached hydrogens (tertiary/aromatic N) is 2. The lowest BCUT2D eigenvalue weighted by Gasteiger charge is -2.23. The minimum Gasteiger partial charge on any atom is -0.497 e. The molecule has 0 atom stereocenters. The molecule has 1 aromatic rings. The molecule has 0 heterocycles. The second-order valence-corrected chi connectivity index (χ2v) is 5.79. The predicted molar refractivity (Wildman–Crippen MR) is 79.0 cm³/mol. The SMILES string of the molecule is COc1cccc(CN(C)CC2(CC(N)=NO)CC2)c1. The highest BCUT2D eigenvalue weighted by molar-refractivity contribution is 5.80. The van der Waals surface area contributed by atoms with Crippen LogP contribution >= 0.6 is 0 Å². The third kappa shape index (κ3) is 3.87. The van der Waals surface area contributed by atoms with Crippen LogP contribution in [0.5, 0.6) is 5.75 Å². The third-order valence-electron chi connectivity index (χ3n) is 3.83. The molecular weight excluding hydrogens is 254 g/mol. The van der Waals surface area contributed by atoms with Gasteiger partial charge in [0.2, 0.25) is 0 Å². The molecule has 0 spiro atoms. The Kier molecular flexibility index (Phi) is 4.49. The summed E-state index contributed by atoms with van der Waals surface area (Å²) < 4.78 is 5.24. The van der Waals surface area contributed by atoms with Crippen LogP contribution in [-0.4, -0.2) is 36.6 Å². The molecule has 0 saturated heterocycles. The lowest BCUT2D eigenvalue weighted by molar-refractivity contribution is 0.256. The average molecular weight is 277 g/mol. The Morgan fingerprint density at radius 2 is 2.25 bits per heavy atom. The van der Waals surface area contributed by atoms with Gasteiger partial charge in [0, 0.05) is 19.5 Å². The zero-order valence-corrected chi connectivity index (χ0v) is 12.2. The Balaban J connectivity index is 1.90. The fraction of sp³-hybridized carbons (Fsp3) is 0.533. The number of methoxy groups -OCH3 is 1. The van der Waals surface area contributed by atoms with Crippen molar-refractivity contribution in [2.45, 2.75) is 25.8 Å². The van der Waals surface area contributed by atoms with Crippen LogP contribution in [0.3, 0.4) is 0 Å². The number of benzene rings is 1. The van der Waals surface area contributed by atoms with Gasteiger partial charge in [0.05, 0.1) is 7.11 Å². The highest BCUT2D eigenvalue weighted by Gasteiger charge is 2.43. The van der Waals surface area contributed by atoms with Gasteiger partial charge in [-0.2, -0.15) is 0 Å². The van der Waals surface area contributed by atoms with Crippen LogP contribution < -0.4 is 10.5 Å². The molecule has 1 aromatic carbocycles. The van der Waals surface area contributed by atoms with E-state index in [9.17, 15) is 0 Å². The summed E-state index contributed by atoms with van der Waals surface area (Å²) in [5.41, 5.74) is 7.06. The summed E-state index contributed by atoms with van der Waals surface area (Å²) in [5.74, 6) is 1.21. The standard InChI is InChI=1S/C15H23N3O2/c1-18(10-12-4-3-5-13(8-12)20-2)11-15(6-7-15)9-14(16)17-19/h3-5,8,19H,6-7,9-11H2,1-2H3,(H2,16,17). The molecule has 5 heteroatoms. The fourth-order valence-corrected chi connectivity index (χ4v) is 2.70. The summed E-state index contributed by atoms with van der Waals surface area (Å²) in [6.45, 7) is 1.83. The Morgan fingerprint density at radius 1 is 1.50 bits per heavy atom. The number of ether oxygens (including phenoxy) is 1. The fourth-order valence-electron chi connectivity index (χ4n) is 2.70. The van der Waals surface area contributed by atoms with Crippen molar-refractivity contribution >= 4 is 5.84 Å². The van der Waals surface area contributed by atoms with E-state index in [1.807, 2.05) is 12.1 Å². The molecule has 110 valence electrons. The summed E-state index contributed by atoms with van der Waals surface area (Å²) in [4.78, 5) is 2.28. The monoisotopic (exact) mass is 277 g/mol. The van der Waals surface area contributed by atoms with Crippen molar-refractivity contribution in [3.8, 4) is 5.75 Å². The summed E-state index contributed by atoms with van der Waals surface area (Å²) in [6.07, 6.45) is 2.96. The topological polar surface area (TPSA) is 71.1 Å². The normalized spacial score (nSPS) is 17.2. The van der Waals surface area contributed by atoms with Gasteiger partial charge in [0.25, 0.3) is 0 Å². The van der Waals surface area contributed by atoms with Gasteiger partial charge in [0.15, 0.2) is 0 Å². The molecule has 1 aliphatic rings. The second kappa shape index (κ2) is 6.13. The zero-order valence-electron chi connectivity index (χ0n) is 12.2. The number of oxime groups is 1. The van der Waals surface area contributed by atoms with E-state index in [4.69, 9.17) is 15.7 Å². The lowest BCUT2D eigenvalue weighted by atomic mass is 10.0. The molecule has 20 heavy (non-hydrogen) atoms. The zero-order chi connectivity index (χ0) is 14.6. The molecular formula is C15H23N3O2. The first-order chi connectivity index (χ1) is 9.57. The van der Waals surface area contributed by atoms with Gasteiger partial charge in [-0.25, -0.2) is 0 Å². The van der Waals surface area contributed by atoms with Gasteiger partial charge in [-0.3, -0.25) is 0 Å². The highest BCUT2D eigenvalue weighted by Crippen LogP contribution is 2.49. The van der Waals surface area contributed by atoms with E-state index >= 15 is 0 Å². The first kappa shape index (κ1) is 14.7. The molecule has 0 radical (unpaired) electrons. The van der Waals surface area contributed by atoms with Crippen LogP contribution in [0.25, 0.3) is 0 Å². The van der Waals surface area contributed by atoms with E-state index in [2.05, 4.69) is 29.2 Å². The quantitative estimate of drug-likeness (QED) is 0.346. The molecule has 1 fully saturated rings. The van der Waals surface area contributed by atoms with Gasteiger partial charge < -0.3 is 20.6 Å². The van der Waals surface area contributed by atoms with Crippen molar-refractivity contribution in [1.29, 1.82) is 0 Å². The Labute approximate surface area is 120 Å². The van der Waals surface area contributed by atoms with Crippen LogP contribution in [0.1, 0.15) is 24.8 Å². The molecule has 2 rings (SSSR count). The maximum absolute atomic E-state index is 8.69. The highest BCUT2D eigenvalue weighted by atomic mass is 16.5. The molecule has 0 amide bonds. The van der Waals surface area contributed by atoms with Crippen LogP contribution in [0.15, 0.2) is 29.4 Å². The summed E-state index contributed by atoms with van der Waals surface area (Å²) >= 11 is 0. The van der Waals surface area contributed by atoms with Crippen molar-refractivity contribution in [3.63, 3.8) is 0 Å². The largest absolute Gasteiger partial charge is 0.497 e. The van der Waals surface area contributed by atoms with E-state index in [-0.39, 0.29) is 5.41 Å². The van der Waals surface area contributed by atoms with E-state index in [1.54, 1.807) is 7.11 Å². The van der Waals surface area contributed by atoms with Gasteiger partial charge in [0.1, 0.15) is 11.6 Å². The number of nitrogens with two attached hydrogens (primary N) is 1. The van der Waals surface area contributed by atoms with E-state index < -0.39 is 0 Å². The molecule has 1 saturated carbocycles. The Hall–Kier alpha value is -1.75. The molecule has 5 nitrogen and oxygen atoms in total. The van der Waals surface area contributed by atoms with Gasteiger partial charge in [-0.05, 0) is 43.0 Å². The van der Waals surface area contributed by atoms with Gasteiger partial charge >= 0.3 is 0 Å². The molecule has 0 aliphatic heterocycles. The minimum absolute atomic E-state index is 0.198. The molecule has 0 unspecified atom stereocenters. The summed E-state index contributed by atoms with van der Waals surface area (Å²) in [6, 6.07) is 8.11. The molecule has 0 bridgehead atoms. The van der Waals surface area contributed by atoms with E-state index in [0.29, 0.717) is 12.3 Å². The minimum atomic E-state index is 0.198.